The van der Waals surface area contributed by atoms with Crippen LogP contribution in [0.25, 0.3) is 0 Å². The molecule has 2 atom stereocenters. The van der Waals surface area contributed by atoms with Crippen molar-refractivity contribution in [1.29, 1.82) is 0 Å². The number of rotatable bonds is 6. The third kappa shape index (κ3) is 4.27. The number of aryl methyl sites for hydroxylation is 1. The molecule has 2 aromatic rings. The summed E-state index contributed by atoms with van der Waals surface area (Å²) in [6.07, 6.45) is 0. The maximum atomic E-state index is 12.4. The summed E-state index contributed by atoms with van der Waals surface area (Å²) in [4.78, 5) is 14.0. The minimum atomic E-state index is -1.34. The van der Waals surface area contributed by atoms with Gasteiger partial charge in [0.25, 0.3) is 0 Å². The van der Waals surface area contributed by atoms with Gasteiger partial charge in [0, 0.05) is 30.5 Å². The van der Waals surface area contributed by atoms with E-state index in [1.165, 1.54) is 0 Å². The van der Waals surface area contributed by atoms with Crippen LogP contribution in [0.1, 0.15) is 23.9 Å². The van der Waals surface area contributed by atoms with Crippen molar-refractivity contribution in [2.24, 2.45) is 0 Å². The minimum Gasteiger partial charge on any atom is -0.360 e. The molecule has 0 aliphatic heterocycles. The predicted molar refractivity (Wildman–Crippen MR) is 85.5 cm³/mol. The van der Waals surface area contributed by atoms with Gasteiger partial charge in [0.05, 0.1) is 11.4 Å². The molecule has 5 nitrogen and oxygen atoms in total. The molecule has 1 aromatic heterocycles. The highest BCUT2D eigenvalue weighted by Gasteiger charge is 2.24. The van der Waals surface area contributed by atoms with Crippen LogP contribution in [0, 0.1) is 6.92 Å². The predicted octanol–water partition coefficient (Wildman–Crippen LogP) is 2.28. The van der Waals surface area contributed by atoms with Crippen molar-refractivity contribution in [2.45, 2.75) is 31.4 Å². The largest absolute Gasteiger partial charge is 0.360 e. The zero-order valence-electron chi connectivity index (χ0n) is 13.0. The Kier molecular flexibility index (Phi) is 5.49. The molecule has 118 valence electrons. The maximum absolute atomic E-state index is 12.4. The number of hydrogen-bond donors (Lipinski definition) is 0. The van der Waals surface area contributed by atoms with Gasteiger partial charge in [0.2, 0.25) is 5.91 Å². The first-order valence-electron chi connectivity index (χ1n) is 7.05. The summed E-state index contributed by atoms with van der Waals surface area (Å²) < 4.78 is 17.3. The lowest BCUT2D eigenvalue weighted by molar-refractivity contribution is -0.129. The minimum absolute atomic E-state index is 0.140. The molecular weight excluding hydrogens is 300 g/mol. The van der Waals surface area contributed by atoms with Gasteiger partial charge in [-0.2, -0.15) is 0 Å². The second kappa shape index (κ2) is 7.35. The fraction of sp³-hybridized carbons (Fsp3) is 0.375. The molecule has 0 radical (unpaired) electrons. The van der Waals surface area contributed by atoms with Gasteiger partial charge in [0.1, 0.15) is 11.0 Å². The molecule has 0 saturated heterocycles. The Labute approximate surface area is 132 Å². The van der Waals surface area contributed by atoms with E-state index >= 15 is 0 Å². The van der Waals surface area contributed by atoms with E-state index in [9.17, 15) is 9.00 Å². The Balaban J connectivity index is 1.94. The van der Waals surface area contributed by atoms with Crippen molar-refractivity contribution in [3.63, 3.8) is 0 Å². The first-order valence-corrected chi connectivity index (χ1v) is 8.44. The van der Waals surface area contributed by atoms with Crippen molar-refractivity contribution < 1.29 is 13.5 Å². The van der Waals surface area contributed by atoms with Crippen LogP contribution in [0.5, 0.6) is 0 Å². The molecule has 1 aromatic carbocycles. The number of carbonyl (C=O) groups excluding carboxylic acids is 1. The van der Waals surface area contributed by atoms with Gasteiger partial charge in [-0.15, -0.1) is 0 Å². The summed E-state index contributed by atoms with van der Waals surface area (Å²) in [5, 5.41) is 3.18. The van der Waals surface area contributed by atoms with E-state index in [2.05, 4.69) is 5.16 Å². The average molecular weight is 320 g/mol. The van der Waals surface area contributed by atoms with Gasteiger partial charge in [-0.05, 0) is 19.4 Å². The summed E-state index contributed by atoms with van der Waals surface area (Å²) in [6.45, 7) is 3.99. The number of amides is 1. The molecule has 0 aliphatic rings. The van der Waals surface area contributed by atoms with E-state index in [-0.39, 0.29) is 11.7 Å². The van der Waals surface area contributed by atoms with E-state index in [0.29, 0.717) is 12.3 Å². The fourth-order valence-electron chi connectivity index (χ4n) is 2.11. The second-order valence-corrected chi connectivity index (χ2v) is 7.04. The number of hydrogen-bond acceptors (Lipinski definition) is 4. The van der Waals surface area contributed by atoms with Crippen LogP contribution in [-0.2, 0) is 27.9 Å². The molecule has 1 amide bonds. The van der Waals surface area contributed by atoms with Crippen LogP contribution in [-0.4, -0.2) is 32.5 Å². The normalized spacial score (nSPS) is 13.6. The highest BCUT2D eigenvalue weighted by atomic mass is 32.2. The Morgan fingerprint density at radius 1 is 1.36 bits per heavy atom. The summed E-state index contributed by atoms with van der Waals surface area (Å²) >= 11 is 0. The number of aromatic nitrogens is 1. The highest BCUT2D eigenvalue weighted by molar-refractivity contribution is 7.85. The molecule has 6 heteroatoms. The standard InChI is InChI=1S/C16H20N2O3S/c1-12-9-15(21-17-12)11-22(20)13(2)16(19)18(3)10-14-7-5-4-6-8-14/h4-9,13H,10-11H2,1-3H3/t13-,22-/m0/s1. The Morgan fingerprint density at radius 3 is 2.64 bits per heavy atom. The Bertz CT molecular complexity index is 654. The maximum Gasteiger partial charge on any atom is 0.238 e. The lowest BCUT2D eigenvalue weighted by Gasteiger charge is -2.21. The summed E-state index contributed by atoms with van der Waals surface area (Å²) in [5.74, 6) is 0.604. The third-order valence-electron chi connectivity index (χ3n) is 3.34. The fourth-order valence-corrected chi connectivity index (χ4v) is 3.18. The van der Waals surface area contributed by atoms with Crippen molar-refractivity contribution >= 4 is 16.7 Å². The zero-order valence-corrected chi connectivity index (χ0v) is 13.8. The SMILES string of the molecule is Cc1cc(C[S@](=O)[C@@H](C)C(=O)N(C)Cc2ccccc2)on1. The van der Waals surface area contributed by atoms with E-state index in [0.717, 1.165) is 11.3 Å². The first kappa shape index (κ1) is 16.4. The Hall–Kier alpha value is -1.95. The molecule has 0 unspecified atom stereocenters. The van der Waals surface area contributed by atoms with Crippen molar-refractivity contribution in [1.82, 2.24) is 10.1 Å². The number of nitrogens with zero attached hydrogens (tertiary/aromatic N) is 2. The average Bonchev–Trinajstić information content (AvgIpc) is 2.91. The molecule has 0 spiro atoms. The molecule has 1 heterocycles. The van der Waals surface area contributed by atoms with Gasteiger partial charge >= 0.3 is 0 Å². The van der Waals surface area contributed by atoms with E-state index in [4.69, 9.17) is 4.52 Å². The number of carbonyl (C=O) groups is 1. The van der Waals surface area contributed by atoms with Crippen LogP contribution < -0.4 is 0 Å². The lowest BCUT2D eigenvalue weighted by atomic mass is 10.2. The number of benzene rings is 1. The van der Waals surface area contributed by atoms with E-state index < -0.39 is 16.0 Å². The van der Waals surface area contributed by atoms with Crippen LogP contribution in [0.3, 0.4) is 0 Å². The van der Waals surface area contributed by atoms with Crippen LogP contribution in [0.15, 0.2) is 40.9 Å². The van der Waals surface area contributed by atoms with Crippen molar-refractivity contribution in [3.05, 3.63) is 53.4 Å². The molecular formula is C16H20N2O3S. The molecule has 0 bridgehead atoms. The van der Waals surface area contributed by atoms with Gasteiger partial charge in [-0.25, -0.2) is 0 Å². The lowest BCUT2D eigenvalue weighted by Crippen LogP contribution is -2.37. The van der Waals surface area contributed by atoms with Gasteiger partial charge < -0.3 is 9.42 Å². The van der Waals surface area contributed by atoms with Crippen LogP contribution in [0.4, 0.5) is 0 Å². The van der Waals surface area contributed by atoms with Gasteiger partial charge in [0.15, 0.2) is 0 Å². The monoisotopic (exact) mass is 320 g/mol. The molecule has 0 N–H and O–H groups in total. The zero-order chi connectivity index (χ0) is 16.1. The van der Waals surface area contributed by atoms with Gasteiger partial charge in [-0.3, -0.25) is 9.00 Å². The quantitative estimate of drug-likeness (QED) is 0.819. The molecule has 0 saturated carbocycles. The molecule has 22 heavy (non-hydrogen) atoms. The first-order chi connectivity index (χ1) is 10.5. The van der Waals surface area contributed by atoms with Crippen LogP contribution >= 0.6 is 0 Å². The van der Waals surface area contributed by atoms with Crippen molar-refractivity contribution in [2.75, 3.05) is 7.05 Å². The van der Waals surface area contributed by atoms with Crippen molar-refractivity contribution in [3.8, 4) is 0 Å². The Morgan fingerprint density at radius 2 is 2.05 bits per heavy atom. The van der Waals surface area contributed by atoms with Gasteiger partial charge in [-0.1, -0.05) is 35.5 Å². The second-order valence-electron chi connectivity index (χ2n) is 5.28. The van der Waals surface area contributed by atoms with E-state index in [1.54, 1.807) is 31.9 Å². The molecule has 0 fully saturated rings. The summed E-state index contributed by atoms with van der Waals surface area (Å²) in [7, 11) is 0.388. The van der Waals surface area contributed by atoms with Crippen LogP contribution in [0.2, 0.25) is 0 Å². The molecule has 0 aliphatic carbocycles. The highest BCUT2D eigenvalue weighted by Crippen LogP contribution is 2.12. The summed E-state index contributed by atoms with van der Waals surface area (Å²) in [5.41, 5.74) is 1.79. The summed E-state index contributed by atoms with van der Waals surface area (Å²) in [6, 6.07) is 11.5. The molecule has 2 rings (SSSR count). The van der Waals surface area contributed by atoms with E-state index in [1.807, 2.05) is 30.3 Å². The third-order valence-corrected chi connectivity index (χ3v) is 4.90. The smallest absolute Gasteiger partial charge is 0.238 e. The topological polar surface area (TPSA) is 63.4 Å².